The minimum Gasteiger partial charge on any atom is -0.450 e. The molecule has 1 aromatic rings. The first-order valence-electron chi connectivity index (χ1n) is 7.90. The maximum Gasteiger partial charge on any atom is 0.409 e. The number of benzene rings is 1. The van der Waals surface area contributed by atoms with Crippen LogP contribution in [0.2, 0.25) is 0 Å². The molecule has 1 aliphatic rings. The zero-order valence-electron chi connectivity index (χ0n) is 13.1. The molecule has 1 aromatic carbocycles. The molecule has 21 heavy (non-hydrogen) atoms. The van der Waals surface area contributed by atoms with Crippen LogP contribution in [0.4, 0.5) is 4.79 Å². The predicted octanol–water partition coefficient (Wildman–Crippen LogP) is 2.78. The fraction of sp³-hybridized carbons (Fsp3) is 0.588. The van der Waals surface area contributed by atoms with E-state index in [1.165, 1.54) is 5.56 Å². The van der Waals surface area contributed by atoms with E-state index < -0.39 is 0 Å². The lowest BCUT2D eigenvalue weighted by molar-refractivity contribution is 0.0674. The van der Waals surface area contributed by atoms with Crippen LogP contribution in [-0.2, 0) is 11.2 Å². The zero-order valence-corrected chi connectivity index (χ0v) is 13.1. The van der Waals surface area contributed by atoms with Gasteiger partial charge in [0.15, 0.2) is 0 Å². The summed E-state index contributed by atoms with van der Waals surface area (Å²) < 4.78 is 5.05. The van der Waals surface area contributed by atoms with Crippen LogP contribution in [0, 0.1) is 0 Å². The van der Waals surface area contributed by atoms with Crippen molar-refractivity contribution in [3.05, 3.63) is 35.9 Å². The van der Waals surface area contributed by atoms with Crippen LogP contribution in [0.15, 0.2) is 30.3 Å². The third kappa shape index (κ3) is 4.74. The third-order valence-electron chi connectivity index (χ3n) is 4.16. The summed E-state index contributed by atoms with van der Waals surface area (Å²) in [5, 5.41) is 0. The minimum atomic E-state index is -0.172. The molecule has 4 heteroatoms. The van der Waals surface area contributed by atoms with Crippen molar-refractivity contribution in [2.75, 3.05) is 32.8 Å². The summed E-state index contributed by atoms with van der Waals surface area (Å²) in [7, 11) is 0. The molecule has 0 radical (unpaired) electrons. The molecule has 116 valence electrons. The number of carbonyl (C=O) groups is 1. The van der Waals surface area contributed by atoms with Crippen molar-refractivity contribution in [2.24, 2.45) is 0 Å². The molecular formula is C17H26N2O2. The molecule has 1 unspecified atom stereocenters. The molecule has 1 aliphatic heterocycles. The number of ether oxygens (including phenoxy) is 1. The summed E-state index contributed by atoms with van der Waals surface area (Å²) in [6.45, 7) is 8.00. The average molecular weight is 290 g/mol. The molecule has 0 saturated carbocycles. The first kappa shape index (κ1) is 15.8. The number of nitrogens with zero attached hydrogens (tertiary/aromatic N) is 2. The second kappa shape index (κ2) is 8.03. The Morgan fingerprint density at radius 1 is 1.19 bits per heavy atom. The molecule has 0 N–H and O–H groups in total. The SMILES string of the molecule is CCOC(=O)N1CCN(C(C)CCc2ccccc2)CC1. The van der Waals surface area contributed by atoms with Gasteiger partial charge in [0.25, 0.3) is 0 Å². The van der Waals surface area contributed by atoms with Crippen LogP contribution < -0.4 is 0 Å². The number of rotatable bonds is 5. The largest absolute Gasteiger partial charge is 0.450 e. The van der Waals surface area contributed by atoms with Gasteiger partial charge in [-0.25, -0.2) is 4.79 Å². The maximum atomic E-state index is 11.7. The lowest BCUT2D eigenvalue weighted by atomic mass is 10.0. The molecular weight excluding hydrogens is 264 g/mol. The summed E-state index contributed by atoms with van der Waals surface area (Å²) in [4.78, 5) is 16.0. The van der Waals surface area contributed by atoms with Gasteiger partial charge in [-0.05, 0) is 32.3 Å². The van der Waals surface area contributed by atoms with E-state index in [1.807, 2.05) is 11.8 Å². The van der Waals surface area contributed by atoms with Crippen molar-refractivity contribution in [1.29, 1.82) is 0 Å². The molecule has 1 atom stereocenters. The normalized spacial score (nSPS) is 17.5. The Labute approximate surface area is 127 Å². The van der Waals surface area contributed by atoms with Gasteiger partial charge in [-0.3, -0.25) is 4.90 Å². The highest BCUT2D eigenvalue weighted by atomic mass is 16.6. The molecule has 1 fully saturated rings. The monoisotopic (exact) mass is 290 g/mol. The molecule has 2 rings (SSSR count). The van der Waals surface area contributed by atoms with Crippen LogP contribution in [0.5, 0.6) is 0 Å². The number of hydrogen-bond donors (Lipinski definition) is 0. The molecule has 1 amide bonds. The Balaban J connectivity index is 1.73. The maximum absolute atomic E-state index is 11.7. The Morgan fingerprint density at radius 3 is 2.48 bits per heavy atom. The van der Waals surface area contributed by atoms with Crippen molar-refractivity contribution in [3.8, 4) is 0 Å². The summed E-state index contributed by atoms with van der Waals surface area (Å²) in [5.74, 6) is 0. The van der Waals surface area contributed by atoms with Crippen LogP contribution >= 0.6 is 0 Å². The second-order valence-electron chi connectivity index (χ2n) is 5.60. The Morgan fingerprint density at radius 2 is 1.86 bits per heavy atom. The fourth-order valence-corrected chi connectivity index (χ4v) is 2.76. The van der Waals surface area contributed by atoms with Gasteiger partial charge in [0.2, 0.25) is 0 Å². The van der Waals surface area contributed by atoms with Crippen molar-refractivity contribution in [2.45, 2.75) is 32.7 Å². The van der Waals surface area contributed by atoms with Gasteiger partial charge in [-0.1, -0.05) is 30.3 Å². The Bertz CT molecular complexity index is 428. The highest BCUT2D eigenvalue weighted by molar-refractivity contribution is 5.67. The first-order valence-corrected chi connectivity index (χ1v) is 7.90. The van der Waals surface area contributed by atoms with E-state index in [1.54, 1.807) is 0 Å². The molecule has 1 heterocycles. The predicted molar refractivity (Wildman–Crippen MR) is 84.4 cm³/mol. The molecule has 0 spiro atoms. The molecule has 0 bridgehead atoms. The zero-order chi connectivity index (χ0) is 15.1. The topological polar surface area (TPSA) is 32.8 Å². The molecule has 0 aliphatic carbocycles. The molecule has 1 saturated heterocycles. The van der Waals surface area contributed by atoms with Crippen LogP contribution in [0.3, 0.4) is 0 Å². The lowest BCUT2D eigenvalue weighted by Crippen LogP contribution is -2.51. The average Bonchev–Trinajstić information content (AvgIpc) is 2.54. The Hall–Kier alpha value is -1.55. The number of carbonyl (C=O) groups excluding carboxylic acids is 1. The fourth-order valence-electron chi connectivity index (χ4n) is 2.76. The number of aryl methyl sites for hydroxylation is 1. The van der Waals surface area contributed by atoms with E-state index in [0.717, 1.165) is 39.0 Å². The summed E-state index contributed by atoms with van der Waals surface area (Å²) in [5.41, 5.74) is 1.40. The minimum absolute atomic E-state index is 0.172. The van der Waals surface area contributed by atoms with E-state index in [-0.39, 0.29) is 6.09 Å². The van der Waals surface area contributed by atoms with Crippen molar-refractivity contribution >= 4 is 6.09 Å². The highest BCUT2D eigenvalue weighted by Gasteiger charge is 2.24. The first-order chi connectivity index (χ1) is 10.2. The molecule has 4 nitrogen and oxygen atoms in total. The number of piperazine rings is 1. The number of amides is 1. The van der Waals surface area contributed by atoms with Crippen molar-refractivity contribution < 1.29 is 9.53 Å². The van der Waals surface area contributed by atoms with E-state index in [4.69, 9.17) is 4.74 Å². The van der Waals surface area contributed by atoms with Gasteiger partial charge in [0.05, 0.1) is 6.61 Å². The smallest absolute Gasteiger partial charge is 0.409 e. The highest BCUT2D eigenvalue weighted by Crippen LogP contribution is 2.13. The van der Waals surface area contributed by atoms with Gasteiger partial charge in [-0.2, -0.15) is 0 Å². The summed E-state index contributed by atoms with van der Waals surface area (Å²) in [6, 6.07) is 11.2. The van der Waals surface area contributed by atoms with Gasteiger partial charge >= 0.3 is 6.09 Å². The standard InChI is InChI=1S/C17H26N2O2/c1-3-21-17(20)19-13-11-18(12-14-19)15(2)9-10-16-7-5-4-6-8-16/h4-8,15H,3,9-14H2,1-2H3. The van der Waals surface area contributed by atoms with E-state index in [9.17, 15) is 4.79 Å². The summed E-state index contributed by atoms with van der Waals surface area (Å²) >= 11 is 0. The Kier molecular flexibility index (Phi) is 6.05. The van der Waals surface area contributed by atoms with Gasteiger partial charge in [-0.15, -0.1) is 0 Å². The van der Waals surface area contributed by atoms with E-state index in [2.05, 4.69) is 42.2 Å². The van der Waals surface area contributed by atoms with Crippen LogP contribution in [0.1, 0.15) is 25.8 Å². The number of hydrogen-bond acceptors (Lipinski definition) is 3. The second-order valence-corrected chi connectivity index (χ2v) is 5.60. The van der Waals surface area contributed by atoms with Crippen molar-refractivity contribution in [3.63, 3.8) is 0 Å². The van der Waals surface area contributed by atoms with Crippen LogP contribution in [-0.4, -0.2) is 54.7 Å². The summed E-state index contributed by atoms with van der Waals surface area (Å²) in [6.07, 6.45) is 2.10. The van der Waals surface area contributed by atoms with Gasteiger partial charge in [0, 0.05) is 32.2 Å². The van der Waals surface area contributed by atoms with Crippen molar-refractivity contribution in [1.82, 2.24) is 9.80 Å². The van der Waals surface area contributed by atoms with Gasteiger partial charge < -0.3 is 9.64 Å². The quantitative estimate of drug-likeness (QED) is 0.836. The third-order valence-corrected chi connectivity index (χ3v) is 4.16. The lowest BCUT2D eigenvalue weighted by Gasteiger charge is -2.37. The van der Waals surface area contributed by atoms with E-state index >= 15 is 0 Å². The molecule has 0 aromatic heterocycles. The van der Waals surface area contributed by atoms with Gasteiger partial charge in [0.1, 0.15) is 0 Å². The van der Waals surface area contributed by atoms with E-state index in [0.29, 0.717) is 12.6 Å². The van der Waals surface area contributed by atoms with Crippen LogP contribution in [0.25, 0.3) is 0 Å².